The van der Waals surface area contributed by atoms with Crippen LogP contribution in [-0.2, 0) is 27.2 Å². The van der Waals surface area contributed by atoms with Gasteiger partial charge < -0.3 is 4.98 Å². The van der Waals surface area contributed by atoms with E-state index in [1.54, 1.807) is 23.1 Å². The Morgan fingerprint density at radius 3 is 2.42 bits per heavy atom. The molecule has 0 amide bonds. The van der Waals surface area contributed by atoms with Crippen molar-refractivity contribution in [1.29, 1.82) is 0 Å². The number of pyridine rings is 2. The van der Waals surface area contributed by atoms with Gasteiger partial charge in [-0.2, -0.15) is 9.78 Å². The molecule has 0 aliphatic heterocycles. The average Bonchev–Trinajstić information content (AvgIpc) is 3.12. The second-order valence-electron chi connectivity index (χ2n) is 9.72. The SMILES string of the molecule is CCOOCc1c(C(C)(C)C)nn(-c2ccccn2)c1N=Nc1cc(C(C)(C)C)c[nH]c1=O. The standard InChI is InChI=1S/C24H32N6O3/c1-8-32-33-15-17-20(24(5,6)7)29-30(19-11-9-10-12-25-19)21(17)28-27-18-13-16(23(2,3)4)14-26-22(18)31/h9-14H,8,15H2,1-7H3,(H,26,31). The summed E-state index contributed by atoms with van der Waals surface area (Å²) in [7, 11) is 0. The molecule has 3 aromatic heterocycles. The molecule has 0 saturated carbocycles. The minimum Gasteiger partial charge on any atom is -0.327 e. The van der Waals surface area contributed by atoms with Crippen molar-refractivity contribution < 1.29 is 9.78 Å². The fourth-order valence-electron chi connectivity index (χ4n) is 3.18. The first-order chi connectivity index (χ1) is 15.5. The maximum Gasteiger partial charge on any atom is 0.275 e. The smallest absolute Gasteiger partial charge is 0.275 e. The van der Waals surface area contributed by atoms with Gasteiger partial charge >= 0.3 is 0 Å². The minimum absolute atomic E-state index is 0.125. The molecular formula is C24H32N6O3. The van der Waals surface area contributed by atoms with E-state index in [0.717, 1.165) is 11.3 Å². The lowest BCUT2D eigenvalue weighted by molar-refractivity contribution is -0.300. The largest absolute Gasteiger partial charge is 0.327 e. The van der Waals surface area contributed by atoms with Gasteiger partial charge in [-0.05, 0) is 36.1 Å². The Hall–Kier alpha value is -3.17. The molecule has 0 bridgehead atoms. The fraction of sp³-hybridized carbons (Fsp3) is 0.458. The van der Waals surface area contributed by atoms with E-state index < -0.39 is 0 Å². The summed E-state index contributed by atoms with van der Waals surface area (Å²) in [5.41, 5.74) is 1.88. The molecule has 9 nitrogen and oxygen atoms in total. The van der Waals surface area contributed by atoms with Gasteiger partial charge in [0.05, 0.1) is 17.9 Å². The molecule has 9 heteroatoms. The second-order valence-corrected chi connectivity index (χ2v) is 9.72. The lowest BCUT2D eigenvalue weighted by Crippen LogP contribution is -2.15. The van der Waals surface area contributed by atoms with Crippen LogP contribution < -0.4 is 5.56 Å². The third-order valence-electron chi connectivity index (χ3n) is 4.94. The molecule has 33 heavy (non-hydrogen) atoms. The summed E-state index contributed by atoms with van der Waals surface area (Å²) >= 11 is 0. The summed E-state index contributed by atoms with van der Waals surface area (Å²) in [5, 5.41) is 13.6. The number of hydrogen-bond donors (Lipinski definition) is 1. The predicted octanol–water partition coefficient (Wildman–Crippen LogP) is 5.43. The van der Waals surface area contributed by atoms with Gasteiger partial charge in [0.2, 0.25) is 0 Å². The highest BCUT2D eigenvalue weighted by Gasteiger charge is 2.28. The van der Waals surface area contributed by atoms with Gasteiger partial charge in [-0.25, -0.2) is 14.8 Å². The molecular weight excluding hydrogens is 420 g/mol. The predicted molar refractivity (Wildman–Crippen MR) is 126 cm³/mol. The van der Waals surface area contributed by atoms with Gasteiger partial charge in [0.25, 0.3) is 5.56 Å². The number of nitrogens with one attached hydrogen (secondary N) is 1. The first kappa shape index (κ1) is 24.5. The normalized spacial score (nSPS) is 12.6. The van der Waals surface area contributed by atoms with Crippen molar-refractivity contribution in [2.75, 3.05) is 6.61 Å². The van der Waals surface area contributed by atoms with Crippen molar-refractivity contribution in [2.24, 2.45) is 10.2 Å². The van der Waals surface area contributed by atoms with Crippen LogP contribution in [0.5, 0.6) is 0 Å². The van der Waals surface area contributed by atoms with E-state index in [1.165, 1.54) is 0 Å². The maximum atomic E-state index is 12.4. The van der Waals surface area contributed by atoms with E-state index in [2.05, 4.69) is 61.7 Å². The number of rotatable bonds is 7. The highest BCUT2D eigenvalue weighted by molar-refractivity contribution is 5.50. The number of nitrogens with zero attached hydrogens (tertiary/aromatic N) is 5. The lowest BCUT2D eigenvalue weighted by Gasteiger charge is -2.18. The summed E-state index contributed by atoms with van der Waals surface area (Å²) in [4.78, 5) is 30.1. The van der Waals surface area contributed by atoms with Crippen molar-refractivity contribution in [3.05, 3.63) is 63.8 Å². The minimum atomic E-state index is -0.321. The van der Waals surface area contributed by atoms with Crippen LogP contribution in [0.25, 0.3) is 5.82 Å². The molecule has 3 rings (SSSR count). The maximum absolute atomic E-state index is 12.4. The molecule has 3 heterocycles. The Morgan fingerprint density at radius 2 is 1.82 bits per heavy atom. The van der Waals surface area contributed by atoms with Gasteiger partial charge in [0.1, 0.15) is 6.61 Å². The zero-order valence-corrected chi connectivity index (χ0v) is 20.3. The Labute approximate surface area is 193 Å². The lowest BCUT2D eigenvalue weighted by atomic mass is 9.88. The van der Waals surface area contributed by atoms with Crippen LogP contribution >= 0.6 is 0 Å². The first-order valence-electron chi connectivity index (χ1n) is 11.0. The summed E-state index contributed by atoms with van der Waals surface area (Å²) in [6.07, 6.45) is 3.39. The van der Waals surface area contributed by atoms with Crippen LogP contribution in [-0.4, -0.2) is 26.4 Å². The molecule has 176 valence electrons. The van der Waals surface area contributed by atoms with Crippen LogP contribution in [0.3, 0.4) is 0 Å². The van der Waals surface area contributed by atoms with Gasteiger partial charge in [0, 0.05) is 17.8 Å². The van der Waals surface area contributed by atoms with E-state index in [0.29, 0.717) is 23.8 Å². The quantitative estimate of drug-likeness (QED) is 0.222. The number of H-pyrrole nitrogens is 1. The van der Waals surface area contributed by atoms with E-state index in [1.807, 2.05) is 25.1 Å². The molecule has 0 aromatic carbocycles. The third-order valence-corrected chi connectivity index (χ3v) is 4.94. The van der Waals surface area contributed by atoms with Crippen molar-refractivity contribution in [1.82, 2.24) is 19.7 Å². The second kappa shape index (κ2) is 9.76. The number of aromatic amines is 1. The van der Waals surface area contributed by atoms with Crippen LogP contribution in [0.1, 0.15) is 65.3 Å². The molecule has 0 aliphatic rings. The summed E-state index contributed by atoms with van der Waals surface area (Å²) in [6.45, 7) is 14.7. The molecule has 0 spiro atoms. The van der Waals surface area contributed by atoms with Crippen molar-refractivity contribution in [2.45, 2.75) is 65.9 Å². The topological polar surface area (TPSA) is 107 Å². The van der Waals surface area contributed by atoms with Crippen LogP contribution in [0.4, 0.5) is 11.5 Å². The van der Waals surface area contributed by atoms with E-state index >= 15 is 0 Å². The molecule has 0 aliphatic carbocycles. The van der Waals surface area contributed by atoms with Crippen molar-refractivity contribution >= 4 is 11.5 Å². The van der Waals surface area contributed by atoms with Crippen molar-refractivity contribution in [3.8, 4) is 5.82 Å². The molecule has 0 radical (unpaired) electrons. The van der Waals surface area contributed by atoms with Crippen LogP contribution in [0.2, 0.25) is 0 Å². The van der Waals surface area contributed by atoms with Gasteiger partial charge in [-0.3, -0.25) is 4.79 Å². The number of azo groups is 1. The highest BCUT2D eigenvalue weighted by atomic mass is 17.2. The molecule has 1 N–H and O–H groups in total. The van der Waals surface area contributed by atoms with Gasteiger partial charge in [0.15, 0.2) is 17.3 Å². The number of aromatic nitrogens is 4. The Balaban J connectivity index is 2.18. The molecule has 0 unspecified atom stereocenters. The van der Waals surface area contributed by atoms with E-state index in [9.17, 15) is 4.79 Å². The monoisotopic (exact) mass is 452 g/mol. The summed E-state index contributed by atoms with van der Waals surface area (Å²) < 4.78 is 1.62. The van der Waals surface area contributed by atoms with Crippen LogP contribution in [0.15, 0.2) is 51.7 Å². The summed E-state index contributed by atoms with van der Waals surface area (Å²) in [6, 6.07) is 7.29. The zero-order valence-electron chi connectivity index (χ0n) is 20.3. The fourth-order valence-corrected chi connectivity index (χ4v) is 3.18. The molecule has 0 fully saturated rings. The Bertz CT molecular complexity index is 1170. The first-order valence-corrected chi connectivity index (χ1v) is 11.0. The molecule has 0 saturated heterocycles. The van der Waals surface area contributed by atoms with E-state index in [4.69, 9.17) is 14.9 Å². The molecule has 3 aromatic rings. The zero-order chi connectivity index (χ0) is 24.2. The third kappa shape index (κ3) is 5.80. The Morgan fingerprint density at radius 1 is 1.06 bits per heavy atom. The summed E-state index contributed by atoms with van der Waals surface area (Å²) in [5.74, 6) is 1.01. The molecule has 0 atom stereocenters. The van der Waals surface area contributed by atoms with Crippen molar-refractivity contribution in [3.63, 3.8) is 0 Å². The Kier molecular flexibility index (Phi) is 7.24. The van der Waals surface area contributed by atoms with E-state index in [-0.39, 0.29) is 28.7 Å². The number of hydrogen-bond acceptors (Lipinski definition) is 7. The van der Waals surface area contributed by atoms with Gasteiger partial charge in [-0.1, -0.05) is 47.6 Å². The van der Waals surface area contributed by atoms with Gasteiger partial charge in [-0.15, -0.1) is 10.2 Å². The average molecular weight is 453 g/mol. The van der Waals surface area contributed by atoms with Crippen LogP contribution in [0, 0.1) is 0 Å². The highest BCUT2D eigenvalue weighted by Crippen LogP contribution is 2.35.